The molecule has 0 amide bonds. The molecule has 4 aromatic rings. The van der Waals surface area contributed by atoms with Crippen LogP contribution in [0.4, 0.5) is 11.5 Å². The molecule has 5 rings (SSSR count). The van der Waals surface area contributed by atoms with Crippen LogP contribution in [0.5, 0.6) is 0 Å². The fraction of sp³-hybridized carbons (Fsp3) is 0.333. The van der Waals surface area contributed by atoms with E-state index in [9.17, 15) is 0 Å². The summed E-state index contributed by atoms with van der Waals surface area (Å²) < 4.78 is 2.01. The lowest BCUT2D eigenvalue weighted by Crippen LogP contribution is -2.45. The molecule has 1 N–H and O–H groups in total. The second-order valence-corrected chi connectivity index (χ2v) is 8.44. The molecule has 3 aromatic heterocycles. The van der Waals surface area contributed by atoms with Crippen molar-refractivity contribution < 1.29 is 0 Å². The summed E-state index contributed by atoms with van der Waals surface area (Å²) in [6.07, 6.45) is 3.59. The standard InChI is InChI=1S/C21H22Cl2N8/c1-29-8-10-30(11-9-29)19-18-20(28-21(23)27-19)31(13-26-18)7-6-25-16-4-5-24-17-12-14(22)2-3-15(16)17/h2-5,12-13H,6-11H2,1H3,(H,24,25). The number of nitrogens with one attached hydrogen (secondary N) is 1. The molecule has 1 saturated heterocycles. The number of halogens is 2. The lowest BCUT2D eigenvalue weighted by molar-refractivity contribution is 0.312. The van der Waals surface area contributed by atoms with Gasteiger partial charge in [-0.1, -0.05) is 11.6 Å². The molecule has 0 bridgehead atoms. The Morgan fingerprint density at radius 3 is 2.71 bits per heavy atom. The van der Waals surface area contributed by atoms with Gasteiger partial charge in [-0.05, 0) is 42.9 Å². The molecule has 0 spiro atoms. The highest BCUT2D eigenvalue weighted by atomic mass is 35.5. The molecule has 31 heavy (non-hydrogen) atoms. The lowest BCUT2D eigenvalue weighted by atomic mass is 10.2. The lowest BCUT2D eigenvalue weighted by Gasteiger charge is -2.33. The van der Waals surface area contributed by atoms with Crippen LogP contribution in [0.3, 0.4) is 0 Å². The minimum absolute atomic E-state index is 0.244. The predicted octanol–water partition coefficient (Wildman–Crippen LogP) is 3.55. The summed E-state index contributed by atoms with van der Waals surface area (Å²) in [4.78, 5) is 22.5. The van der Waals surface area contributed by atoms with Crippen LogP contribution < -0.4 is 10.2 Å². The van der Waals surface area contributed by atoms with Crippen LogP contribution >= 0.6 is 23.2 Å². The van der Waals surface area contributed by atoms with Gasteiger partial charge in [-0.15, -0.1) is 0 Å². The molecule has 8 nitrogen and oxygen atoms in total. The molecule has 4 heterocycles. The highest BCUT2D eigenvalue weighted by Crippen LogP contribution is 2.26. The van der Waals surface area contributed by atoms with Crippen molar-refractivity contribution in [1.82, 2.24) is 29.4 Å². The van der Waals surface area contributed by atoms with E-state index in [1.54, 1.807) is 12.5 Å². The van der Waals surface area contributed by atoms with Crippen molar-refractivity contribution in [1.29, 1.82) is 0 Å². The Labute approximate surface area is 189 Å². The van der Waals surface area contributed by atoms with E-state index < -0.39 is 0 Å². The average Bonchev–Trinajstić information content (AvgIpc) is 3.16. The van der Waals surface area contributed by atoms with Gasteiger partial charge in [-0.25, -0.2) is 4.98 Å². The van der Waals surface area contributed by atoms with Gasteiger partial charge in [0, 0.05) is 61.6 Å². The quantitative estimate of drug-likeness (QED) is 0.460. The first-order valence-electron chi connectivity index (χ1n) is 10.2. The minimum atomic E-state index is 0.244. The summed E-state index contributed by atoms with van der Waals surface area (Å²) in [6.45, 7) is 5.14. The number of fused-ring (bicyclic) bond motifs is 2. The van der Waals surface area contributed by atoms with Crippen LogP contribution in [0, 0.1) is 0 Å². The Bertz CT molecular complexity index is 1230. The summed E-state index contributed by atoms with van der Waals surface area (Å²) in [6, 6.07) is 7.69. The van der Waals surface area contributed by atoms with Crippen LogP contribution in [0.15, 0.2) is 36.8 Å². The van der Waals surface area contributed by atoms with Gasteiger partial charge in [0.25, 0.3) is 0 Å². The number of nitrogens with zero attached hydrogens (tertiary/aromatic N) is 7. The Morgan fingerprint density at radius 1 is 1.03 bits per heavy atom. The number of anilines is 2. The number of aromatic nitrogens is 5. The van der Waals surface area contributed by atoms with E-state index in [0.29, 0.717) is 18.1 Å². The Hall–Kier alpha value is -2.68. The Balaban J connectivity index is 1.36. The zero-order chi connectivity index (χ0) is 21.4. The van der Waals surface area contributed by atoms with Crippen molar-refractivity contribution >= 4 is 56.8 Å². The summed E-state index contributed by atoms with van der Waals surface area (Å²) in [5, 5.41) is 5.44. The van der Waals surface area contributed by atoms with Gasteiger partial charge in [0.1, 0.15) is 0 Å². The van der Waals surface area contributed by atoms with Crippen molar-refractivity contribution in [2.75, 3.05) is 50.0 Å². The first kappa shape index (κ1) is 20.2. The van der Waals surface area contributed by atoms with E-state index in [-0.39, 0.29) is 5.28 Å². The Morgan fingerprint density at radius 2 is 1.87 bits per heavy atom. The zero-order valence-corrected chi connectivity index (χ0v) is 18.6. The molecule has 160 valence electrons. The topological polar surface area (TPSA) is 75.0 Å². The number of hydrogen-bond donors (Lipinski definition) is 1. The molecule has 1 fully saturated rings. The number of hydrogen-bond acceptors (Lipinski definition) is 7. The molecule has 0 radical (unpaired) electrons. The number of rotatable bonds is 5. The fourth-order valence-electron chi connectivity index (χ4n) is 3.89. The molecule has 0 saturated carbocycles. The molecule has 10 heteroatoms. The van der Waals surface area contributed by atoms with Crippen molar-refractivity contribution in [3.63, 3.8) is 0 Å². The average molecular weight is 457 g/mol. The van der Waals surface area contributed by atoms with Gasteiger partial charge in [0.2, 0.25) is 5.28 Å². The third-order valence-electron chi connectivity index (χ3n) is 5.59. The second-order valence-electron chi connectivity index (χ2n) is 7.66. The van der Waals surface area contributed by atoms with E-state index >= 15 is 0 Å². The smallest absolute Gasteiger partial charge is 0.226 e. The SMILES string of the molecule is CN1CCN(c2nc(Cl)nc3c2ncn3CCNc2ccnc3cc(Cl)ccc23)CC1. The van der Waals surface area contributed by atoms with Gasteiger partial charge in [0.05, 0.1) is 11.8 Å². The van der Waals surface area contributed by atoms with Gasteiger partial charge in [0.15, 0.2) is 17.0 Å². The molecular weight excluding hydrogens is 435 g/mol. The normalized spacial score (nSPS) is 15.1. The van der Waals surface area contributed by atoms with E-state index in [2.05, 4.69) is 42.1 Å². The third-order valence-corrected chi connectivity index (χ3v) is 6.00. The number of pyridine rings is 1. The molecular formula is C21H22Cl2N8. The maximum absolute atomic E-state index is 6.27. The number of piperazine rings is 1. The van der Waals surface area contributed by atoms with Crippen molar-refractivity contribution in [3.05, 3.63) is 47.1 Å². The highest BCUT2D eigenvalue weighted by Gasteiger charge is 2.21. The van der Waals surface area contributed by atoms with E-state index in [4.69, 9.17) is 23.2 Å². The third kappa shape index (κ3) is 4.11. The first-order valence-corrected chi connectivity index (χ1v) is 10.9. The largest absolute Gasteiger partial charge is 0.383 e. The maximum atomic E-state index is 6.27. The molecule has 1 aromatic carbocycles. The van der Waals surface area contributed by atoms with Gasteiger partial charge in [-0.2, -0.15) is 9.97 Å². The molecule has 0 unspecified atom stereocenters. The fourth-order valence-corrected chi connectivity index (χ4v) is 4.22. The zero-order valence-electron chi connectivity index (χ0n) is 17.1. The highest BCUT2D eigenvalue weighted by molar-refractivity contribution is 6.31. The monoisotopic (exact) mass is 456 g/mol. The van der Waals surface area contributed by atoms with Gasteiger partial charge in [-0.3, -0.25) is 4.98 Å². The van der Waals surface area contributed by atoms with Crippen LogP contribution in [-0.4, -0.2) is 69.2 Å². The van der Waals surface area contributed by atoms with Crippen LogP contribution in [-0.2, 0) is 6.54 Å². The number of benzene rings is 1. The summed E-state index contributed by atoms with van der Waals surface area (Å²) >= 11 is 12.4. The molecule has 0 aliphatic carbocycles. The predicted molar refractivity (Wildman–Crippen MR) is 125 cm³/mol. The van der Waals surface area contributed by atoms with E-state index in [0.717, 1.165) is 59.8 Å². The van der Waals surface area contributed by atoms with Crippen LogP contribution in [0.25, 0.3) is 22.1 Å². The van der Waals surface area contributed by atoms with Crippen molar-refractivity contribution in [2.45, 2.75) is 6.54 Å². The number of likely N-dealkylation sites (N-methyl/N-ethyl adjacent to an activating group) is 1. The second kappa shape index (κ2) is 8.45. The summed E-state index contributed by atoms with van der Waals surface area (Å²) in [5.74, 6) is 0.812. The van der Waals surface area contributed by atoms with Gasteiger partial charge >= 0.3 is 0 Å². The van der Waals surface area contributed by atoms with Gasteiger partial charge < -0.3 is 19.7 Å². The van der Waals surface area contributed by atoms with Crippen LogP contribution in [0.1, 0.15) is 0 Å². The molecule has 1 aliphatic heterocycles. The van der Waals surface area contributed by atoms with E-state index in [1.807, 2.05) is 28.8 Å². The summed E-state index contributed by atoms with van der Waals surface area (Å²) in [5.41, 5.74) is 3.42. The van der Waals surface area contributed by atoms with Crippen molar-refractivity contribution in [2.24, 2.45) is 0 Å². The Kier molecular flexibility index (Phi) is 5.52. The van der Waals surface area contributed by atoms with Crippen LogP contribution in [0.2, 0.25) is 10.3 Å². The number of imidazole rings is 1. The minimum Gasteiger partial charge on any atom is -0.383 e. The van der Waals surface area contributed by atoms with E-state index in [1.165, 1.54) is 0 Å². The molecule has 1 aliphatic rings. The first-order chi connectivity index (χ1) is 15.1. The molecule has 0 atom stereocenters. The summed E-state index contributed by atoms with van der Waals surface area (Å²) in [7, 11) is 2.13. The maximum Gasteiger partial charge on any atom is 0.226 e. The van der Waals surface area contributed by atoms with Crippen molar-refractivity contribution in [3.8, 4) is 0 Å².